The molecule has 0 saturated carbocycles. The molecule has 0 spiro atoms. The van der Waals surface area contributed by atoms with E-state index in [-0.39, 0.29) is 0 Å². The first-order chi connectivity index (χ1) is 11.0. The Labute approximate surface area is 152 Å². The van der Waals surface area contributed by atoms with Crippen molar-refractivity contribution >= 4 is 13.7 Å². The second-order valence-electron chi connectivity index (χ2n) is 8.83. The fourth-order valence-corrected chi connectivity index (χ4v) is 4.75. The molecule has 0 amide bonds. The van der Waals surface area contributed by atoms with E-state index in [0.717, 1.165) is 12.6 Å². The van der Waals surface area contributed by atoms with Crippen LogP contribution in [0.1, 0.15) is 69.2 Å². The molecular weight excluding hydrogens is 290 g/mol. The van der Waals surface area contributed by atoms with Gasteiger partial charge < -0.3 is 9.62 Å². The summed E-state index contributed by atoms with van der Waals surface area (Å²) in [4.78, 5) is 5.34. The van der Waals surface area contributed by atoms with Crippen molar-refractivity contribution in [2.75, 3.05) is 0 Å². The van der Waals surface area contributed by atoms with E-state index in [4.69, 9.17) is 0 Å². The SMILES string of the molecule is C=C1CB(N(C(C)C)C(C)C)C(C)=C(C)B(N(C(C)C)C(C)C)C1. The van der Waals surface area contributed by atoms with Gasteiger partial charge in [0, 0.05) is 0 Å². The standard InChI is InChI=1S/C20H40B2N2/c1-14(2)23(15(3)4)21-12-18(9)13-22(20(11)19(21)10)24(16(5)6)17(7)8/h14-17H,9,12-13H2,1-8,10-11H3. The van der Waals surface area contributed by atoms with Crippen molar-refractivity contribution in [1.82, 2.24) is 9.62 Å². The van der Waals surface area contributed by atoms with E-state index in [0.29, 0.717) is 37.9 Å². The molecule has 0 radical (unpaired) electrons. The topological polar surface area (TPSA) is 6.48 Å². The molecule has 4 heteroatoms. The van der Waals surface area contributed by atoms with Crippen LogP contribution in [0.25, 0.3) is 0 Å². The molecule has 1 rings (SSSR count). The summed E-state index contributed by atoms with van der Waals surface area (Å²) in [5.41, 5.74) is 4.53. The van der Waals surface area contributed by atoms with E-state index in [1.54, 1.807) is 10.9 Å². The molecule has 0 aromatic rings. The highest BCUT2D eigenvalue weighted by atomic mass is 15.1. The lowest BCUT2D eigenvalue weighted by molar-refractivity contribution is 0.304. The minimum atomic E-state index is 0.490. The van der Waals surface area contributed by atoms with Crippen LogP contribution in [0.2, 0.25) is 12.6 Å². The number of hydrogen-bond acceptors (Lipinski definition) is 2. The van der Waals surface area contributed by atoms with Crippen molar-refractivity contribution < 1.29 is 0 Å². The summed E-state index contributed by atoms with van der Waals surface area (Å²) in [7, 11) is 0. The highest BCUT2D eigenvalue weighted by Gasteiger charge is 2.38. The fourth-order valence-electron chi connectivity index (χ4n) is 4.75. The molecule has 0 saturated heterocycles. The van der Waals surface area contributed by atoms with E-state index in [1.165, 1.54) is 5.57 Å². The van der Waals surface area contributed by atoms with Gasteiger partial charge in [-0.2, -0.15) is 0 Å². The molecule has 0 bridgehead atoms. The van der Waals surface area contributed by atoms with Crippen LogP contribution < -0.4 is 0 Å². The molecule has 1 aliphatic rings. The maximum atomic E-state index is 4.47. The first-order valence-electron chi connectivity index (χ1n) is 9.87. The van der Waals surface area contributed by atoms with Crippen LogP contribution in [0.4, 0.5) is 0 Å². The summed E-state index contributed by atoms with van der Waals surface area (Å²) in [5.74, 6) is 0. The van der Waals surface area contributed by atoms with Crippen molar-refractivity contribution in [3.8, 4) is 0 Å². The van der Waals surface area contributed by atoms with Gasteiger partial charge in [-0.15, -0.1) is 6.58 Å². The Morgan fingerprint density at radius 2 is 0.917 bits per heavy atom. The maximum Gasteiger partial charge on any atom is 0.256 e. The Hall–Kier alpha value is -0.470. The lowest BCUT2D eigenvalue weighted by atomic mass is 9.45. The van der Waals surface area contributed by atoms with Gasteiger partial charge in [0.1, 0.15) is 0 Å². The number of rotatable bonds is 6. The highest BCUT2D eigenvalue weighted by Crippen LogP contribution is 2.32. The van der Waals surface area contributed by atoms with Gasteiger partial charge in [0.05, 0.1) is 0 Å². The van der Waals surface area contributed by atoms with E-state index < -0.39 is 0 Å². The Morgan fingerprint density at radius 3 is 1.12 bits per heavy atom. The summed E-state index contributed by atoms with van der Waals surface area (Å²) in [5, 5.41) is 0. The zero-order valence-corrected chi connectivity index (χ0v) is 18.0. The summed E-state index contributed by atoms with van der Waals surface area (Å²) >= 11 is 0. The summed E-state index contributed by atoms with van der Waals surface area (Å²) < 4.78 is 0. The Balaban J connectivity index is 3.34. The van der Waals surface area contributed by atoms with Crippen molar-refractivity contribution in [1.29, 1.82) is 0 Å². The molecule has 1 aliphatic heterocycles. The van der Waals surface area contributed by atoms with Crippen LogP contribution in [0.15, 0.2) is 23.1 Å². The zero-order valence-electron chi connectivity index (χ0n) is 18.0. The molecule has 24 heavy (non-hydrogen) atoms. The van der Waals surface area contributed by atoms with Crippen molar-refractivity contribution in [2.45, 2.75) is 106 Å². The molecule has 0 fully saturated rings. The first-order valence-corrected chi connectivity index (χ1v) is 9.87. The fraction of sp³-hybridized carbons (Fsp3) is 0.800. The van der Waals surface area contributed by atoms with Gasteiger partial charge >= 0.3 is 0 Å². The second kappa shape index (κ2) is 8.76. The molecule has 0 aliphatic carbocycles. The number of allylic oxidation sites excluding steroid dienone is 3. The minimum absolute atomic E-state index is 0.490. The van der Waals surface area contributed by atoms with Gasteiger partial charge in [0.15, 0.2) is 0 Å². The van der Waals surface area contributed by atoms with Crippen LogP contribution in [0.3, 0.4) is 0 Å². The quantitative estimate of drug-likeness (QED) is 0.488. The van der Waals surface area contributed by atoms with Crippen LogP contribution in [-0.2, 0) is 0 Å². The highest BCUT2D eigenvalue weighted by molar-refractivity contribution is 6.73. The Kier molecular flexibility index (Phi) is 7.87. The van der Waals surface area contributed by atoms with E-state index in [9.17, 15) is 0 Å². The molecule has 1 heterocycles. The summed E-state index contributed by atoms with van der Waals surface area (Å²) in [6, 6.07) is 2.20. The van der Waals surface area contributed by atoms with Gasteiger partial charge in [0.25, 0.3) is 13.7 Å². The lowest BCUT2D eigenvalue weighted by Crippen LogP contribution is -2.50. The normalized spacial score (nSPS) is 17.6. The second-order valence-corrected chi connectivity index (χ2v) is 8.83. The lowest BCUT2D eigenvalue weighted by Gasteiger charge is -2.38. The van der Waals surface area contributed by atoms with E-state index >= 15 is 0 Å². The number of nitrogens with zero attached hydrogens (tertiary/aromatic N) is 2. The predicted molar refractivity (Wildman–Crippen MR) is 113 cm³/mol. The average molecular weight is 330 g/mol. The first kappa shape index (κ1) is 21.6. The maximum absolute atomic E-state index is 4.47. The smallest absolute Gasteiger partial charge is 0.256 e. The molecule has 2 nitrogen and oxygen atoms in total. The van der Waals surface area contributed by atoms with Crippen LogP contribution in [0, 0.1) is 0 Å². The van der Waals surface area contributed by atoms with Gasteiger partial charge in [0.2, 0.25) is 0 Å². The third-order valence-electron chi connectivity index (χ3n) is 5.69. The van der Waals surface area contributed by atoms with Gasteiger partial charge in [-0.05, 0) is 36.8 Å². The Bertz CT molecular complexity index is 410. The van der Waals surface area contributed by atoms with E-state index in [1.807, 2.05) is 0 Å². The molecule has 0 aromatic carbocycles. The van der Waals surface area contributed by atoms with Gasteiger partial charge in [-0.1, -0.05) is 85.8 Å². The zero-order chi connectivity index (χ0) is 18.8. The van der Waals surface area contributed by atoms with E-state index in [2.05, 4.69) is 85.4 Å². The summed E-state index contributed by atoms with van der Waals surface area (Å²) in [6.45, 7) is 28.7. The van der Waals surface area contributed by atoms with Crippen LogP contribution in [-0.4, -0.2) is 47.5 Å². The van der Waals surface area contributed by atoms with Gasteiger partial charge in [-0.3, -0.25) is 0 Å². The third-order valence-corrected chi connectivity index (χ3v) is 5.69. The van der Waals surface area contributed by atoms with Gasteiger partial charge in [-0.25, -0.2) is 0 Å². The molecule has 0 atom stereocenters. The average Bonchev–Trinajstić information content (AvgIpc) is 2.50. The summed E-state index contributed by atoms with van der Waals surface area (Å²) in [6.07, 6.45) is 2.19. The predicted octanol–water partition coefficient (Wildman–Crippen LogP) is 5.19. The molecule has 0 aromatic heterocycles. The molecule has 0 unspecified atom stereocenters. The van der Waals surface area contributed by atoms with Crippen molar-refractivity contribution in [3.63, 3.8) is 0 Å². The van der Waals surface area contributed by atoms with Crippen LogP contribution in [0.5, 0.6) is 0 Å². The minimum Gasteiger partial charge on any atom is -0.334 e. The largest absolute Gasteiger partial charge is 0.334 e. The molecular formula is C20H40B2N2. The molecule has 136 valence electrons. The number of hydrogen-bond donors (Lipinski definition) is 0. The third kappa shape index (κ3) is 4.79. The van der Waals surface area contributed by atoms with Crippen molar-refractivity contribution in [2.24, 2.45) is 0 Å². The van der Waals surface area contributed by atoms with Crippen molar-refractivity contribution in [3.05, 3.63) is 23.1 Å². The monoisotopic (exact) mass is 330 g/mol. The van der Waals surface area contributed by atoms with Crippen LogP contribution >= 0.6 is 0 Å². The Morgan fingerprint density at radius 1 is 0.667 bits per heavy atom. The molecule has 0 N–H and O–H groups in total.